The fourth-order valence-corrected chi connectivity index (χ4v) is 2.25. The van der Waals surface area contributed by atoms with Crippen molar-refractivity contribution in [2.24, 2.45) is 0 Å². The number of hydrogen-bond acceptors (Lipinski definition) is 3. The molecule has 0 saturated heterocycles. The lowest BCUT2D eigenvalue weighted by Gasteiger charge is -2.06. The first-order chi connectivity index (χ1) is 9.85. The number of rotatable bonds is 7. The number of aromatic nitrogens is 3. The van der Waals surface area contributed by atoms with Gasteiger partial charge in [-0.3, -0.25) is 0 Å². The molecule has 0 bridgehead atoms. The van der Waals surface area contributed by atoms with Crippen molar-refractivity contribution in [1.29, 1.82) is 5.26 Å². The molecule has 1 heterocycles. The summed E-state index contributed by atoms with van der Waals surface area (Å²) in [6, 6.07) is 12.3. The van der Waals surface area contributed by atoms with Crippen molar-refractivity contribution in [2.45, 2.75) is 45.6 Å². The molecule has 0 aliphatic carbocycles. The van der Waals surface area contributed by atoms with E-state index in [0.29, 0.717) is 12.1 Å². The van der Waals surface area contributed by atoms with Gasteiger partial charge in [0.15, 0.2) is 5.69 Å². The minimum absolute atomic E-state index is 0.448. The summed E-state index contributed by atoms with van der Waals surface area (Å²) in [5.41, 5.74) is 2.56. The first-order valence-electron chi connectivity index (χ1n) is 7.21. The van der Waals surface area contributed by atoms with Gasteiger partial charge in [-0.1, -0.05) is 61.7 Å². The number of benzene rings is 1. The summed E-state index contributed by atoms with van der Waals surface area (Å²) in [6.07, 6.45) is 5.46. The van der Waals surface area contributed by atoms with Crippen LogP contribution in [0.4, 0.5) is 0 Å². The topological polar surface area (TPSA) is 54.5 Å². The fourth-order valence-electron chi connectivity index (χ4n) is 2.25. The molecular formula is C16H20N4. The van der Waals surface area contributed by atoms with E-state index < -0.39 is 0 Å². The molecule has 0 aliphatic rings. The highest BCUT2D eigenvalue weighted by molar-refractivity contribution is 5.30. The molecule has 0 atom stereocenters. The third kappa shape index (κ3) is 3.67. The zero-order valence-electron chi connectivity index (χ0n) is 11.9. The minimum Gasteiger partial charge on any atom is -0.248 e. The summed E-state index contributed by atoms with van der Waals surface area (Å²) < 4.78 is 1.89. The lowest BCUT2D eigenvalue weighted by Crippen LogP contribution is -2.07. The maximum atomic E-state index is 9.15. The maximum absolute atomic E-state index is 9.15. The van der Waals surface area contributed by atoms with Gasteiger partial charge in [0, 0.05) is 13.0 Å². The normalized spacial score (nSPS) is 10.4. The van der Waals surface area contributed by atoms with Crippen LogP contribution in [0.3, 0.4) is 0 Å². The van der Waals surface area contributed by atoms with Gasteiger partial charge in [-0.2, -0.15) is 5.26 Å². The van der Waals surface area contributed by atoms with E-state index in [9.17, 15) is 0 Å². The average molecular weight is 268 g/mol. The number of nitriles is 1. The predicted molar refractivity (Wildman–Crippen MR) is 78.1 cm³/mol. The van der Waals surface area contributed by atoms with E-state index in [2.05, 4.69) is 35.4 Å². The van der Waals surface area contributed by atoms with Crippen molar-refractivity contribution in [1.82, 2.24) is 15.0 Å². The van der Waals surface area contributed by atoms with Crippen molar-refractivity contribution in [3.8, 4) is 6.07 Å². The van der Waals surface area contributed by atoms with Gasteiger partial charge in [0.2, 0.25) is 0 Å². The zero-order chi connectivity index (χ0) is 14.2. The van der Waals surface area contributed by atoms with Gasteiger partial charge >= 0.3 is 0 Å². The average Bonchev–Trinajstić information content (AvgIpc) is 2.87. The van der Waals surface area contributed by atoms with Gasteiger partial charge in [-0.25, -0.2) is 4.68 Å². The molecule has 0 unspecified atom stereocenters. The molecule has 0 N–H and O–H groups in total. The Morgan fingerprint density at radius 3 is 2.65 bits per heavy atom. The molecule has 104 valence electrons. The van der Waals surface area contributed by atoms with Crippen molar-refractivity contribution in [3.05, 3.63) is 47.3 Å². The van der Waals surface area contributed by atoms with E-state index in [4.69, 9.17) is 5.26 Å². The molecule has 0 fully saturated rings. The first-order valence-corrected chi connectivity index (χ1v) is 7.21. The van der Waals surface area contributed by atoms with Crippen LogP contribution in [-0.2, 0) is 13.0 Å². The lowest BCUT2D eigenvalue weighted by molar-refractivity contribution is 0.515. The second-order valence-corrected chi connectivity index (χ2v) is 4.94. The molecule has 1 aromatic heterocycles. The molecule has 1 aromatic carbocycles. The summed E-state index contributed by atoms with van der Waals surface area (Å²) in [5, 5.41) is 17.3. The van der Waals surface area contributed by atoms with Crippen LogP contribution in [0.5, 0.6) is 0 Å². The second kappa shape index (κ2) is 7.44. The Hall–Kier alpha value is -2.15. The van der Waals surface area contributed by atoms with Crippen LogP contribution >= 0.6 is 0 Å². The minimum atomic E-state index is 0.448. The van der Waals surface area contributed by atoms with E-state index in [-0.39, 0.29) is 0 Å². The highest BCUT2D eigenvalue weighted by Crippen LogP contribution is 2.13. The fraction of sp³-hybridized carbons (Fsp3) is 0.438. The highest BCUT2D eigenvalue weighted by atomic mass is 15.4. The number of aryl methyl sites for hydroxylation is 1. The molecule has 0 spiro atoms. The summed E-state index contributed by atoms with van der Waals surface area (Å²) >= 11 is 0. The van der Waals surface area contributed by atoms with Crippen LogP contribution in [0.2, 0.25) is 0 Å². The van der Waals surface area contributed by atoms with Gasteiger partial charge in [0.25, 0.3) is 0 Å². The molecule has 0 amide bonds. The van der Waals surface area contributed by atoms with Gasteiger partial charge in [0.1, 0.15) is 6.07 Å². The number of unbranched alkanes of at least 4 members (excludes halogenated alkanes) is 3. The standard InChI is InChI=1S/C16H20N4/c1-2-3-4-8-11-20-16(15(13-17)18-19-20)12-14-9-6-5-7-10-14/h5-7,9-10H,2-4,8,11-12H2,1H3. The van der Waals surface area contributed by atoms with E-state index in [0.717, 1.165) is 18.7 Å². The van der Waals surface area contributed by atoms with Crippen molar-refractivity contribution < 1.29 is 0 Å². The van der Waals surface area contributed by atoms with Crippen LogP contribution in [-0.4, -0.2) is 15.0 Å². The molecular weight excluding hydrogens is 248 g/mol. The van der Waals surface area contributed by atoms with Crippen molar-refractivity contribution in [3.63, 3.8) is 0 Å². The second-order valence-electron chi connectivity index (χ2n) is 4.94. The Balaban J connectivity index is 2.09. The lowest BCUT2D eigenvalue weighted by atomic mass is 10.1. The molecule has 4 heteroatoms. The smallest absolute Gasteiger partial charge is 0.186 e. The third-order valence-electron chi connectivity index (χ3n) is 3.38. The van der Waals surface area contributed by atoms with Gasteiger partial charge in [-0.15, -0.1) is 5.10 Å². The molecule has 2 rings (SSSR count). The quantitative estimate of drug-likeness (QED) is 0.724. The van der Waals surface area contributed by atoms with Crippen molar-refractivity contribution in [2.75, 3.05) is 0 Å². The van der Waals surface area contributed by atoms with Crippen LogP contribution in [0.25, 0.3) is 0 Å². The SMILES string of the molecule is CCCCCCn1nnc(C#N)c1Cc1ccccc1. The summed E-state index contributed by atoms with van der Waals surface area (Å²) in [6.45, 7) is 3.04. The molecule has 2 aromatic rings. The number of nitrogens with zero attached hydrogens (tertiary/aromatic N) is 4. The largest absolute Gasteiger partial charge is 0.248 e. The molecule has 0 saturated carbocycles. The molecule has 20 heavy (non-hydrogen) atoms. The Morgan fingerprint density at radius 1 is 1.15 bits per heavy atom. The Morgan fingerprint density at radius 2 is 1.95 bits per heavy atom. The summed E-state index contributed by atoms with van der Waals surface area (Å²) in [4.78, 5) is 0. The van der Waals surface area contributed by atoms with Crippen LogP contribution in [0.1, 0.15) is 49.6 Å². The van der Waals surface area contributed by atoms with Gasteiger partial charge < -0.3 is 0 Å². The number of hydrogen-bond donors (Lipinski definition) is 0. The third-order valence-corrected chi connectivity index (χ3v) is 3.38. The Bertz CT molecular complexity index is 566. The monoisotopic (exact) mass is 268 g/mol. The zero-order valence-corrected chi connectivity index (χ0v) is 11.9. The first kappa shape index (κ1) is 14.3. The van der Waals surface area contributed by atoms with E-state index in [1.54, 1.807) is 0 Å². The van der Waals surface area contributed by atoms with Crippen LogP contribution in [0.15, 0.2) is 30.3 Å². The Kier molecular flexibility index (Phi) is 5.31. The van der Waals surface area contributed by atoms with Gasteiger partial charge in [0.05, 0.1) is 5.69 Å². The molecule has 0 aliphatic heterocycles. The van der Waals surface area contributed by atoms with Crippen LogP contribution in [0, 0.1) is 11.3 Å². The summed E-state index contributed by atoms with van der Waals surface area (Å²) in [5.74, 6) is 0. The maximum Gasteiger partial charge on any atom is 0.186 e. The highest BCUT2D eigenvalue weighted by Gasteiger charge is 2.12. The molecule has 0 radical (unpaired) electrons. The molecule has 4 nitrogen and oxygen atoms in total. The van der Waals surface area contributed by atoms with Crippen LogP contribution < -0.4 is 0 Å². The Labute approximate surface area is 120 Å². The van der Waals surface area contributed by atoms with Gasteiger partial charge in [-0.05, 0) is 12.0 Å². The predicted octanol–water partition coefficient (Wildman–Crippen LogP) is 3.32. The van der Waals surface area contributed by atoms with Crippen molar-refractivity contribution >= 4 is 0 Å². The summed E-state index contributed by atoms with van der Waals surface area (Å²) in [7, 11) is 0. The van der Waals surface area contributed by atoms with E-state index in [1.807, 2.05) is 22.9 Å². The van der Waals surface area contributed by atoms with E-state index >= 15 is 0 Å². The van der Waals surface area contributed by atoms with E-state index in [1.165, 1.54) is 24.8 Å².